The summed E-state index contributed by atoms with van der Waals surface area (Å²) in [6.07, 6.45) is 4.01. The molecule has 16 heavy (non-hydrogen) atoms. The minimum absolute atomic E-state index is 0.556. The summed E-state index contributed by atoms with van der Waals surface area (Å²) in [6, 6.07) is 11.8. The summed E-state index contributed by atoms with van der Waals surface area (Å²) in [5.74, 6) is 0. The zero-order valence-corrected chi connectivity index (χ0v) is 10.1. The van der Waals surface area contributed by atoms with Gasteiger partial charge in [-0.3, -0.25) is 0 Å². The second kappa shape index (κ2) is 6.02. The van der Waals surface area contributed by atoms with Gasteiger partial charge in [-0.05, 0) is 31.9 Å². The summed E-state index contributed by atoms with van der Waals surface area (Å²) in [5.41, 5.74) is 1.37. The molecule has 2 heteroatoms. The van der Waals surface area contributed by atoms with E-state index in [1.807, 2.05) is 0 Å². The lowest BCUT2D eigenvalue weighted by Crippen LogP contribution is -2.48. The highest BCUT2D eigenvalue weighted by Gasteiger charge is 2.18. The smallest absolute Gasteiger partial charge is 0.0218 e. The third kappa shape index (κ3) is 3.32. The second-order valence-electron chi connectivity index (χ2n) is 4.71. The monoisotopic (exact) mass is 218 g/mol. The maximum Gasteiger partial charge on any atom is 0.0218 e. The maximum atomic E-state index is 3.61. The third-order valence-electron chi connectivity index (χ3n) is 3.42. The van der Waals surface area contributed by atoms with E-state index in [9.17, 15) is 0 Å². The highest BCUT2D eigenvalue weighted by molar-refractivity contribution is 5.14. The lowest BCUT2D eigenvalue weighted by molar-refractivity contribution is 0.323. The summed E-state index contributed by atoms with van der Waals surface area (Å²) >= 11 is 0. The molecule has 0 aromatic heterocycles. The number of piperidine rings is 1. The molecular formula is C14H22N2. The van der Waals surface area contributed by atoms with E-state index in [0.717, 1.165) is 6.54 Å². The van der Waals surface area contributed by atoms with Crippen LogP contribution in [-0.4, -0.2) is 18.6 Å². The molecule has 1 aromatic rings. The van der Waals surface area contributed by atoms with Gasteiger partial charge in [-0.25, -0.2) is 0 Å². The third-order valence-corrected chi connectivity index (χ3v) is 3.42. The number of hydrogen-bond acceptors (Lipinski definition) is 2. The van der Waals surface area contributed by atoms with Gasteiger partial charge in [-0.15, -0.1) is 0 Å². The maximum absolute atomic E-state index is 3.61. The molecule has 2 N–H and O–H groups in total. The number of rotatable bonds is 4. The summed E-state index contributed by atoms with van der Waals surface area (Å²) in [5, 5.41) is 7.20. The molecule has 1 heterocycles. The molecule has 1 saturated heterocycles. The molecule has 0 aliphatic carbocycles. The standard InChI is InChI=1S/C14H22N2/c1-12(14-9-5-6-10-15-14)16-11-13-7-3-2-4-8-13/h2-4,7-8,12,14-16H,5-6,9-11H2,1H3. The Morgan fingerprint density at radius 3 is 2.81 bits per heavy atom. The molecule has 0 saturated carbocycles. The van der Waals surface area contributed by atoms with E-state index in [0.29, 0.717) is 12.1 Å². The molecule has 2 nitrogen and oxygen atoms in total. The summed E-state index contributed by atoms with van der Waals surface area (Å²) in [4.78, 5) is 0. The van der Waals surface area contributed by atoms with Crippen LogP contribution in [0, 0.1) is 0 Å². The Morgan fingerprint density at radius 1 is 1.31 bits per heavy atom. The van der Waals surface area contributed by atoms with E-state index in [1.54, 1.807) is 0 Å². The van der Waals surface area contributed by atoms with Crippen LogP contribution in [0.25, 0.3) is 0 Å². The molecule has 1 aliphatic rings. The minimum Gasteiger partial charge on any atom is -0.312 e. The Bertz CT molecular complexity index is 291. The van der Waals surface area contributed by atoms with Gasteiger partial charge in [0.05, 0.1) is 0 Å². The van der Waals surface area contributed by atoms with Gasteiger partial charge in [0.15, 0.2) is 0 Å². The molecule has 2 atom stereocenters. The Kier molecular flexibility index (Phi) is 4.37. The van der Waals surface area contributed by atoms with Crippen LogP contribution in [0.15, 0.2) is 30.3 Å². The van der Waals surface area contributed by atoms with Gasteiger partial charge in [0.2, 0.25) is 0 Å². The van der Waals surface area contributed by atoms with Crippen LogP contribution >= 0.6 is 0 Å². The van der Waals surface area contributed by atoms with Gasteiger partial charge in [0.25, 0.3) is 0 Å². The van der Waals surface area contributed by atoms with Crippen molar-refractivity contribution in [2.75, 3.05) is 6.54 Å². The highest BCUT2D eigenvalue weighted by Crippen LogP contribution is 2.10. The summed E-state index contributed by atoms with van der Waals surface area (Å²) in [7, 11) is 0. The first-order valence-corrected chi connectivity index (χ1v) is 6.37. The molecular weight excluding hydrogens is 196 g/mol. The van der Waals surface area contributed by atoms with Gasteiger partial charge >= 0.3 is 0 Å². The predicted molar refractivity (Wildman–Crippen MR) is 68.4 cm³/mol. The number of nitrogens with one attached hydrogen (secondary N) is 2. The topological polar surface area (TPSA) is 24.1 Å². The fourth-order valence-electron chi connectivity index (χ4n) is 2.32. The Morgan fingerprint density at radius 2 is 2.12 bits per heavy atom. The Hall–Kier alpha value is -0.860. The predicted octanol–water partition coefficient (Wildman–Crippen LogP) is 2.31. The van der Waals surface area contributed by atoms with Gasteiger partial charge in [-0.1, -0.05) is 36.8 Å². The molecule has 0 radical (unpaired) electrons. The van der Waals surface area contributed by atoms with Crippen LogP contribution < -0.4 is 10.6 Å². The molecule has 0 amide bonds. The molecule has 2 rings (SSSR count). The average Bonchev–Trinajstić information content (AvgIpc) is 2.38. The zero-order valence-electron chi connectivity index (χ0n) is 10.1. The van der Waals surface area contributed by atoms with Crippen LogP contribution in [0.3, 0.4) is 0 Å². The van der Waals surface area contributed by atoms with Crippen LogP contribution in [0.5, 0.6) is 0 Å². The molecule has 0 spiro atoms. The van der Waals surface area contributed by atoms with Crippen molar-refractivity contribution in [2.24, 2.45) is 0 Å². The average molecular weight is 218 g/mol. The molecule has 1 aliphatic heterocycles. The lowest BCUT2D eigenvalue weighted by Gasteiger charge is -2.29. The van der Waals surface area contributed by atoms with E-state index in [1.165, 1.54) is 31.4 Å². The van der Waals surface area contributed by atoms with Crippen LogP contribution in [0.2, 0.25) is 0 Å². The van der Waals surface area contributed by atoms with Crippen molar-refractivity contribution in [3.63, 3.8) is 0 Å². The second-order valence-corrected chi connectivity index (χ2v) is 4.71. The van der Waals surface area contributed by atoms with Crippen molar-refractivity contribution >= 4 is 0 Å². The first-order valence-electron chi connectivity index (χ1n) is 6.37. The van der Waals surface area contributed by atoms with E-state index >= 15 is 0 Å². The fourth-order valence-corrected chi connectivity index (χ4v) is 2.32. The van der Waals surface area contributed by atoms with Gasteiger partial charge in [0, 0.05) is 18.6 Å². The Labute approximate surface area is 98.4 Å². The van der Waals surface area contributed by atoms with E-state index < -0.39 is 0 Å². The Balaban J connectivity index is 1.76. The van der Waals surface area contributed by atoms with Crippen molar-refractivity contribution in [2.45, 2.75) is 44.8 Å². The highest BCUT2D eigenvalue weighted by atomic mass is 15.0. The number of hydrogen-bond donors (Lipinski definition) is 2. The van der Waals surface area contributed by atoms with E-state index in [-0.39, 0.29) is 0 Å². The molecule has 1 aromatic carbocycles. The summed E-state index contributed by atoms with van der Waals surface area (Å²) in [6.45, 7) is 4.44. The van der Waals surface area contributed by atoms with Gasteiger partial charge in [-0.2, -0.15) is 0 Å². The van der Waals surface area contributed by atoms with Crippen molar-refractivity contribution in [3.05, 3.63) is 35.9 Å². The normalized spacial score (nSPS) is 22.9. The molecule has 0 bridgehead atoms. The van der Waals surface area contributed by atoms with Crippen LogP contribution in [0.1, 0.15) is 31.7 Å². The van der Waals surface area contributed by atoms with Gasteiger partial charge < -0.3 is 10.6 Å². The molecule has 1 fully saturated rings. The SMILES string of the molecule is CC(NCc1ccccc1)C1CCCCN1. The van der Waals surface area contributed by atoms with Crippen molar-refractivity contribution in [1.82, 2.24) is 10.6 Å². The van der Waals surface area contributed by atoms with Crippen LogP contribution in [0.4, 0.5) is 0 Å². The van der Waals surface area contributed by atoms with Crippen molar-refractivity contribution in [1.29, 1.82) is 0 Å². The first-order chi connectivity index (χ1) is 7.86. The largest absolute Gasteiger partial charge is 0.312 e. The fraction of sp³-hybridized carbons (Fsp3) is 0.571. The number of benzene rings is 1. The van der Waals surface area contributed by atoms with Crippen LogP contribution in [-0.2, 0) is 6.54 Å². The molecule has 2 unspecified atom stereocenters. The molecule has 88 valence electrons. The first kappa shape index (κ1) is 11.6. The quantitative estimate of drug-likeness (QED) is 0.810. The van der Waals surface area contributed by atoms with Crippen molar-refractivity contribution < 1.29 is 0 Å². The van der Waals surface area contributed by atoms with Crippen molar-refractivity contribution in [3.8, 4) is 0 Å². The lowest BCUT2D eigenvalue weighted by atomic mass is 9.99. The minimum atomic E-state index is 0.556. The van der Waals surface area contributed by atoms with Gasteiger partial charge in [0.1, 0.15) is 0 Å². The van der Waals surface area contributed by atoms with E-state index in [4.69, 9.17) is 0 Å². The summed E-state index contributed by atoms with van der Waals surface area (Å²) < 4.78 is 0. The van der Waals surface area contributed by atoms with E-state index in [2.05, 4.69) is 47.9 Å². The zero-order chi connectivity index (χ0) is 11.2.